The number of rotatable bonds is 11. The van der Waals surface area contributed by atoms with Crippen LogP contribution in [0.25, 0.3) is 22.2 Å². The highest BCUT2D eigenvalue weighted by molar-refractivity contribution is 7.47. The highest BCUT2D eigenvalue weighted by Gasteiger charge is 2.34. The number of hydrogen-bond donors (Lipinski definition) is 2. The molecule has 6 aromatic rings. The predicted octanol–water partition coefficient (Wildman–Crippen LogP) is 10.4. The van der Waals surface area contributed by atoms with Crippen LogP contribution >= 0.6 is 7.82 Å². The van der Waals surface area contributed by atoms with Gasteiger partial charge in [-0.05, 0) is 58.5 Å². The number of nitrogens with zero attached hydrogens (tertiary/aromatic N) is 3. The Morgan fingerprint density at radius 3 is 2.20 bits per heavy atom. The second-order valence-electron chi connectivity index (χ2n) is 13.0. The summed E-state index contributed by atoms with van der Waals surface area (Å²) < 4.78 is 66.3. The van der Waals surface area contributed by atoms with Gasteiger partial charge in [0.05, 0.1) is 22.9 Å². The van der Waals surface area contributed by atoms with Crippen molar-refractivity contribution in [3.8, 4) is 11.3 Å². The van der Waals surface area contributed by atoms with Gasteiger partial charge in [-0.3, -0.25) is 14.0 Å². The summed E-state index contributed by atoms with van der Waals surface area (Å²) in [5, 5.41) is 3.78. The van der Waals surface area contributed by atoms with Gasteiger partial charge in [-0.2, -0.15) is 13.2 Å². The van der Waals surface area contributed by atoms with Crippen LogP contribution in [-0.2, 0) is 38.2 Å². The van der Waals surface area contributed by atoms with Gasteiger partial charge in [0.1, 0.15) is 12.4 Å². The molecule has 2 N–H and O–H groups in total. The zero-order chi connectivity index (χ0) is 36.2. The van der Waals surface area contributed by atoms with Gasteiger partial charge in [-0.1, -0.05) is 99.6 Å². The summed E-state index contributed by atoms with van der Waals surface area (Å²) in [4.78, 5) is 24.1. The summed E-state index contributed by atoms with van der Waals surface area (Å²) in [7, 11) is -4.70. The van der Waals surface area contributed by atoms with Crippen LogP contribution in [0.15, 0.2) is 121 Å². The molecule has 0 saturated carbocycles. The van der Waals surface area contributed by atoms with Crippen LogP contribution in [-0.4, -0.2) is 19.8 Å². The number of aromatic nitrogens is 3. The molecule has 262 valence electrons. The maximum atomic E-state index is 13.9. The van der Waals surface area contributed by atoms with E-state index in [2.05, 4.69) is 41.0 Å². The monoisotopic (exact) mass is 712 g/mol. The molecule has 2 aromatic heterocycles. The van der Waals surface area contributed by atoms with Crippen LogP contribution in [0, 0.1) is 0 Å². The highest BCUT2D eigenvalue weighted by Crippen LogP contribution is 2.49. The fourth-order valence-corrected chi connectivity index (χ4v) is 6.44. The van der Waals surface area contributed by atoms with Crippen molar-refractivity contribution in [2.45, 2.75) is 51.5 Å². The fourth-order valence-electron chi connectivity index (χ4n) is 5.58. The molecule has 51 heavy (non-hydrogen) atoms. The molecule has 2 heterocycles. The SMILES string of the molecule is CC(C)(C)c1ccc(Nc2nc(COP(=O)(O)OC(Cc3ccccc3)c3ccccc3)nc3cc(-c4ncccc4C(F)(F)F)ccc23)cc1. The lowest BCUT2D eigenvalue weighted by Crippen LogP contribution is -2.11. The number of phosphoric acid groups is 1. The minimum absolute atomic E-state index is 0.00252. The van der Waals surface area contributed by atoms with Gasteiger partial charge < -0.3 is 10.2 Å². The van der Waals surface area contributed by atoms with Crippen molar-refractivity contribution in [1.29, 1.82) is 0 Å². The molecule has 8 nitrogen and oxygen atoms in total. The molecule has 0 aliphatic rings. The van der Waals surface area contributed by atoms with E-state index in [1.165, 1.54) is 24.4 Å². The topological polar surface area (TPSA) is 106 Å². The number of nitrogens with one attached hydrogen (secondary N) is 1. The van der Waals surface area contributed by atoms with Gasteiger partial charge in [0, 0.05) is 29.3 Å². The van der Waals surface area contributed by atoms with E-state index in [4.69, 9.17) is 9.05 Å². The molecule has 12 heteroatoms. The van der Waals surface area contributed by atoms with Crippen molar-refractivity contribution < 1.29 is 31.7 Å². The first-order valence-corrected chi connectivity index (χ1v) is 17.7. The molecular formula is C39H36F3N4O4P. The molecule has 0 aliphatic heterocycles. The summed E-state index contributed by atoms with van der Waals surface area (Å²) in [6, 6.07) is 33.1. The maximum Gasteiger partial charge on any atom is 0.473 e. The van der Waals surface area contributed by atoms with Crippen LogP contribution < -0.4 is 5.32 Å². The van der Waals surface area contributed by atoms with Crippen molar-refractivity contribution in [2.24, 2.45) is 0 Å². The third kappa shape index (κ3) is 9.06. The van der Waals surface area contributed by atoms with E-state index in [1.807, 2.05) is 72.8 Å². The number of pyridine rings is 1. The second kappa shape index (κ2) is 14.7. The molecule has 6 rings (SSSR count). The van der Waals surface area contributed by atoms with E-state index in [1.54, 1.807) is 18.2 Å². The van der Waals surface area contributed by atoms with Gasteiger partial charge in [0.15, 0.2) is 5.82 Å². The van der Waals surface area contributed by atoms with E-state index in [0.717, 1.165) is 17.2 Å². The molecule has 0 spiro atoms. The van der Waals surface area contributed by atoms with Crippen molar-refractivity contribution in [2.75, 3.05) is 5.32 Å². The average Bonchev–Trinajstić information content (AvgIpc) is 3.10. The minimum Gasteiger partial charge on any atom is -0.340 e. The number of fused-ring (bicyclic) bond motifs is 1. The largest absolute Gasteiger partial charge is 0.473 e. The number of alkyl halides is 3. The number of halogens is 3. The number of hydrogen-bond acceptors (Lipinski definition) is 7. The summed E-state index contributed by atoms with van der Waals surface area (Å²) in [6.45, 7) is 5.79. The summed E-state index contributed by atoms with van der Waals surface area (Å²) in [5.41, 5.74) is 2.65. The highest BCUT2D eigenvalue weighted by atomic mass is 31.2. The standard InChI is InChI=1S/C39H36F3N4O4P/c1-38(2,3)29-17-19-30(20-18-29)44-37-31-21-16-28(36-32(39(40,41)42)15-10-22-43-36)24-33(31)45-35(46-37)25-49-51(47,48)50-34(27-13-8-5-9-14-27)23-26-11-6-4-7-12-26/h4-22,24,34H,23,25H2,1-3H3,(H,47,48)(H,44,45,46). The van der Waals surface area contributed by atoms with Gasteiger partial charge in [0.2, 0.25) is 0 Å². The Labute approximate surface area is 294 Å². The zero-order valence-corrected chi connectivity index (χ0v) is 29.0. The molecule has 0 aliphatic carbocycles. The molecule has 2 unspecified atom stereocenters. The molecule has 0 saturated heterocycles. The van der Waals surface area contributed by atoms with Crippen LogP contribution in [0.2, 0.25) is 0 Å². The summed E-state index contributed by atoms with van der Waals surface area (Å²) >= 11 is 0. The Morgan fingerprint density at radius 2 is 1.53 bits per heavy atom. The maximum absolute atomic E-state index is 13.9. The first-order valence-electron chi connectivity index (χ1n) is 16.2. The zero-order valence-electron chi connectivity index (χ0n) is 28.1. The first-order chi connectivity index (χ1) is 24.2. The Morgan fingerprint density at radius 1 is 0.843 bits per heavy atom. The second-order valence-corrected chi connectivity index (χ2v) is 14.4. The van der Waals surface area contributed by atoms with Gasteiger partial charge in [-0.25, -0.2) is 14.5 Å². The number of benzene rings is 4. The van der Waals surface area contributed by atoms with E-state index in [9.17, 15) is 22.6 Å². The van der Waals surface area contributed by atoms with Crippen molar-refractivity contribution in [3.05, 3.63) is 150 Å². The fraction of sp³-hybridized carbons (Fsp3) is 0.205. The Bertz CT molecular complexity index is 2160. The van der Waals surface area contributed by atoms with E-state index < -0.39 is 32.3 Å². The van der Waals surface area contributed by atoms with Crippen molar-refractivity contribution in [3.63, 3.8) is 0 Å². The third-order valence-electron chi connectivity index (χ3n) is 8.20. The minimum atomic E-state index is -4.70. The Balaban J connectivity index is 1.33. The van der Waals surface area contributed by atoms with Crippen molar-refractivity contribution in [1.82, 2.24) is 15.0 Å². The summed E-state index contributed by atoms with van der Waals surface area (Å²) in [6.07, 6.45) is -3.83. The van der Waals surface area contributed by atoms with Gasteiger partial charge >= 0.3 is 14.0 Å². The van der Waals surface area contributed by atoms with Crippen LogP contribution in [0.1, 0.15) is 55.0 Å². The van der Waals surface area contributed by atoms with E-state index in [0.29, 0.717) is 28.9 Å². The summed E-state index contributed by atoms with van der Waals surface area (Å²) in [5.74, 6) is 0.327. The molecule has 4 aromatic carbocycles. The lowest BCUT2D eigenvalue weighted by molar-refractivity contribution is -0.137. The van der Waals surface area contributed by atoms with E-state index in [-0.39, 0.29) is 28.0 Å². The lowest BCUT2D eigenvalue weighted by Gasteiger charge is -2.21. The smallest absolute Gasteiger partial charge is 0.340 e. The molecule has 2 atom stereocenters. The predicted molar refractivity (Wildman–Crippen MR) is 191 cm³/mol. The normalized spacial score (nSPS) is 13.9. The average molecular weight is 713 g/mol. The third-order valence-corrected chi connectivity index (χ3v) is 9.17. The molecule has 0 fully saturated rings. The molecule has 0 amide bonds. The first kappa shape index (κ1) is 35.9. The molecule has 0 bridgehead atoms. The van der Waals surface area contributed by atoms with Gasteiger partial charge in [-0.15, -0.1) is 0 Å². The molecular weight excluding hydrogens is 676 g/mol. The van der Waals surface area contributed by atoms with Crippen LogP contribution in [0.5, 0.6) is 0 Å². The van der Waals surface area contributed by atoms with Crippen molar-refractivity contribution >= 4 is 30.2 Å². The van der Waals surface area contributed by atoms with Gasteiger partial charge in [0.25, 0.3) is 0 Å². The quantitative estimate of drug-likeness (QED) is 0.128. The molecule has 0 radical (unpaired) electrons. The van der Waals surface area contributed by atoms with Crippen LogP contribution in [0.3, 0.4) is 0 Å². The Hall–Kier alpha value is -4.93. The van der Waals surface area contributed by atoms with E-state index >= 15 is 0 Å². The number of phosphoric ester groups is 1. The lowest BCUT2D eigenvalue weighted by atomic mass is 9.87. The number of anilines is 2. The Kier molecular flexibility index (Phi) is 10.4. The van der Waals surface area contributed by atoms with Crippen LogP contribution in [0.4, 0.5) is 24.7 Å².